The number of aromatic nitrogens is 2. The molecule has 2 rings (SSSR count). The lowest BCUT2D eigenvalue weighted by Gasteiger charge is -2.20. The van der Waals surface area contributed by atoms with Gasteiger partial charge in [0.25, 0.3) is 5.91 Å². The summed E-state index contributed by atoms with van der Waals surface area (Å²) in [4.78, 5) is 28.4. The SMILES string of the molecule is CCCCn1c(=NC(=O)c2cc(C(F)(F)F)ccc2OC(C)=O)cc(C(C)(C)C)n1C. The van der Waals surface area contributed by atoms with Gasteiger partial charge in [0.1, 0.15) is 5.75 Å². The number of halogens is 3. The first-order valence-electron chi connectivity index (χ1n) is 10.0. The Morgan fingerprint density at radius 1 is 1.13 bits per heavy atom. The number of carbonyl (C=O) groups is 2. The molecule has 6 nitrogen and oxygen atoms in total. The fourth-order valence-corrected chi connectivity index (χ4v) is 3.22. The molecule has 1 aromatic heterocycles. The minimum atomic E-state index is -4.66. The van der Waals surface area contributed by atoms with Crippen molar-refractivity contribution in [2.75, 3.05) is 0 Å². The van der Waals surface area contributed by atoms with Gasteiger partial charge in [0.15, 0.2) is 5.49 Å². The average molecular weight is 439 g/mol. The molecular weight excluding hydrogens is 411 g/mol. The zero-order valence-corrected chi connectivity index (χ0v) is 18.6. The number of alkyl halides is 3. The highest BCUT2D eigenvalue weighted by atomic mass is 19.4. The first-order valence-corrected chi connectivity index (χ1v) is 10.0. The number of benzene rings is 1. The Bertz CT molecular complexity index is 1040. The van der Waals surface area contributed by atoms with Gasteiger partial charge in [-0.1, -0.05) is 34.1 Å². The Labute approximate surface area is 179 Å². The molecular formula is C22H28F3N3O3. The van der Waals surface area contributed by atoms with Crippen molar-refractivity contribution >= 4 is 11.9 Å². The van der Waals surface area contributed by atoms with E-state index in [4.69, 9.17) is 4.74 Å². The third-order valence-electron chi connectivity index (χ3n) is 4.74. The summed E-state index contributed by atoms with van der Waals surface area (Å²) in [5.74, 6) is -1.93. The molecule has 0 radical (unpaired) electrons. The van der Waals surface area contributed by atoms with E-state index in [2.05, 4.69) is 4.99 Å². The monoisotopic (exact) mass is 439 g/mol. The quantitative estimate of drug-likeness (QED) is 0.505. The van der Waals surface area contributed by atoms with Crippen LogP contribution < -0.4 is 10.2 Å². The van der Waals surface area contributed by atoms with E-state index in [1.165, 1.54) is 0 Å². The maximum absolute atomic E-state index is 13.2. The third kappa shape index (κ3) is 5.86. The lowest BCUT2D eigenvalue weighted by Crippen LogP contribution is -2.25. The number of amides is 1. The average Bonchev–Trinajstić information content (AvgIpc) is 2.94. The van der Waals surface area contributed by atoms with Crippen LogP contribution in [0.5, 0.6) is 5.75 Å². The summed E-state index contributed by atoms with van der Waals surface area (Å²) in [6, 6.07) is 4.14. The summed E-state index contributed by atoms with van der Waals surface area (Å²) in [6.45, 7) is 9.78. The van der Waals surface area contributed by atoms with Gasteiger partial charge < -0.3 is 4.74 Å². The fourth-order valence-electron chi connectivity index (χ4n) is 3.22. The predicted molar refractivity (Wildman–Crippen MR) is 110 cm³/mol. The molecule has 0 atom stereocenters. The van der Waals surface area contributed by atoms with Gasteiger partial charge in [0, 0.05) is 37.7 Å². The van der Waals surface area contributed by atoms with E-state index >= 15 is 0 Å². The molecule has 31 heavy (non-hydrogen) atoms. The maximum Gasteiger partial charge on any atom is 0.416 e. The molecule has 170 valence electrons. The molecule has 0 saturated heterocycles. The molecule has 0 unspecified atom stereocenters. The molecule has 0 aliphatic heterocycles. The summed E-state index contributed by atoms with van der Waals surface area (Å²) >= 11 is 0. The van der Waals surface area contributed by atoms with Crippen molar-refractivity contribution in [3.05, 3.63) is 46.6 Å². The van der Waals surface area contributed by atoms with Gasteiger partial charge in [-0.05, 0) is 24.6 Å². The van der Waals surface area contributed by atoms with Crippen molar-refractivity contribution in [1.82, 2.24) is 9.36 Å². The number of unbranched alkanes of at least 4 members (excludes halogenated alkanes) is 1. The van der Waals surface area contributed by atoms with Crippen LogP contribution in [0, 0.1) is 0 Å². The van der Waals surface area contributed by atoms with Crippen LogP contribution in [0.2, 0.25) is 0 Å². The van der Waals surface area contributed by atoms with E-state index in [1.807, 2.05) is 44.1 Å². The topological polar surface area (TPSA) is 65.6 Å². The van der Waals surface area contributed by atoms with Crippen LogP contribution in [0.4, 0.5) is 13.2 Å². The highest BCUT2D eigenvalue weighted by molar-refractivity contribution is 5.98. The number of hydrogen-bond acceptors (Lipinski definition) is 3. The number of hydrogen-bond donors (Lipinski definition) is 0. The van der Waals surface area contributed by atoms with E-state index in [-0.39, 0.29) is 11.2 Å². The number of rotatable bonds is 5. The summed E-state index contributed by atoms with van der Waals surface area (Å²) in [5, 5.41) is 0. The Morgan fingerprint density at radius 2 is 1.77 bits per heavy atom. The first-order chi connectivity index (χ1) is 14.3. The minimum Gasteiger partial charge on any atom is -0.426 e. The Kier molecular flexibility index (Phi) is 7.18. The summed E-state index contributed by atoms with van der Waals surface area (Å²) in [7, 11) is 1.86. The molecule has 0 aliphatic carbocycles. The van der Waals surface area contributed by atoms with Crippen LogP contribution in [-0.2, 0) is 30.0 Å². The van der Waals surface area contributed by atoms with Crippen LogP contribution in [-0.4, -0.2) is 21.2 Å². The summed E-state index contributed by atoms with van der Waals surface area (Å²) < 4.78 is 48.2. The van der Waals surface area contributed by atoms with E-state index in [0.29, 0.717) is 18.1 Å². The molecule has 0 bridgehead atoms. The maximum atomic E-state index is 13.2. The fraction of sp³-hybridized carbons (Fsp3) is 0.500. The van der Waals surface area contributed by atoms with E-state index < -0.39 is 29.2 Å². The van der Waals surface area contributed by atoms with Crippen molar-refractivity contribution in [3.8, 4) is 5.75 Å². The highest BCUT2D eigenvalue weighted by Crippen LogP contribution is 2.33. The number of esters is 1. The predicted octanol–water partition coefficient (Wildman–Crippen LogP) is 4.61. The van der Waals surface area contributed by atoms with E-state index in [1.54, 1.807) is 6.07 Å². The lowest BCUT2D eigenvalue weighted by atomic mass is 9.92. The van der Waals surface area contributed by atoms with Gasteiger partial charge in [-0.25, -0.2) is 0 Å². The Hall–Kier alpha value is -2.84. The second-order valence-electron chi connectivity index (χ2n) is 8.36. The van der Waals surface area contributed by atoms with Crippen LogP contribution >= 0.6 is 0 Å². The molecule has 0 saturated carbocycles. The number of nitrogens with zero attached hydrogens (tertiary/aromatic N) is 3. The molecule has 0 aliphatic rings. The van der Waals surface area contributed by atoms with Crippen LogP contribution in [0.3, 0.4) is 0 Å². The van der Waals surface area contributed by atoms with Gasteiger partial charge in [0.05, 0.1) is 11.1 Å². The van der Waals surface area contributed by atoms with Gasteiger partial charge >= 0.3 is 12.1 Å². The summed E-state index contributed by atoms with van der Waals surface area (Å²) in [6.07, 6.45) is -2.90. The van der Waals surface area contributed by atoms with Gasteiger partial charge in [-0.3, -0.25) is 19.0 Å². The van der Waals surface area contributed by atoms with Crippen molar-refractivity contribution in [3.63, 3.8) is 0 Å². The molecule has 1 heterocycles. The van der Waals surface area contributed by atoms with Gasteiger partial charge in [-0.2, -0.15) is 18.2 Å². The first kappa shape index (κ1) is 24.4. The van der Waals surface area contributed by atoms with E-state index in [9.17, 15) is 22.8 Å². The van der Waals surface area contributed by atoms with Crippen molar-refractivity contribution < 1.29 is 27.5 Å². The summed E-state index contributed by atoms with van der Waals surface area (Å²) in [5.41, 5.74) is -0.438. The smallest absolute Gasteiger partial charge is 0.416 e. The lowest BCUT2D eigenvalue weighted by molar-refractivity contribution is -0.137. The Balaban J connectivity index is 2.67. The third-order valence-corrected chi connectivity index (χ3v) is 4.74. The van der Waals surface area contributed by atoms with E-state index in [0.717, 1.165) is 37.6 Å². The van der Waals surface area contributed by atoms with Crippen molar-refractivity contribution in [2.45, 2.75) is 65.6 Å². The minimum absolute atomic E-state index is 0.237. The van der Waals surface area contributed by atoms with Gasteiger partial charge in [-0.15, -0.1) is 0 Å². The second-order valence-corrected chi connectivity index (χ2v) is 8.36. The van der Waals surface area contributed by atoms with Crippen molar-refractivity contribution in [1.29, 1.82) is 0 Å². The largest absolute Gasteiger partial charge is 0.426 e. The molecule has 1 amide bonds. The molecule has 2 aromatic rings. The molecule has 0 fully saturated rings. The number of carbonyl (C=O) groups excluding carboxylic acids is 2. The molecule has 0 spiro atoms. The number of ether oxygens (including phenoxy) is 1. The normalized spacial score (nSPS) is 12.9. The zero-order chi connectivity index (χ0) is 23.6. The molecule has 9 heteroatoms. The Morgan fingerprint density at radius 3 is 2.29 bits per heavy atom. The van der Waals surface area contributed by atoms with Crippen LogP contribution in [0.1, 0.15) is 69.1 Å². The molecule has 1 aromatic carbocycles. The standard InChI is InChI=1S/C22H28F3N3O3/c1-7-8-11-28-19(13-18(27(28)6)21(3,4)5)26-20(30)16-12-15(22(23,24)25)9-10-17(16)31-14(2)29/h9-10,12-13H,7-8,11H2,1-6H3. The van der Waals surface area contributed by atoms with Crippen LogP contribution in [0.15, 0.2) is 29.3 Å². The van der Waals surface area contributed by atoms with Crippen molar-refractivity contribution in [2.24, 2.45) is 12.0 Å². The van der Waals surface area contributed by atoms with Crippen LogP contribution in [0.25, 0.3) is 0 Å². The highest BCUT2D eigenvalue weighted by Gasteiger charge is 2.32. The molecule has 0 N–H and O–H groups in total. The second kappa shape index (κ2) is 9.11. The van der Waals surface area contributed by atoms with Gasteiger partial charge in [0.2, 0.25) is 0 Å². The zero-order valence-electron chi connectivity index (χ0n) is 18.6.